The number of amides is 9. The monoisotopic (exact) mass is 1600 g/mol. The molecule has 2 heterocycles. The van der Waals surface area contributed by atoms with Crippen LogP contribution in [0.2, 0.25) is 0 Å². The Morgan fingerprint density at radius 1 is 0.518 bits per heavy atom. The molecule has 28 heteroatoms. The first-order valence-corrected chi connectivity index (χ1v) is 44.5. The van der Waals surface area contributed by atoms with Crippen LogP contribution in [0.4, 0.5) is 9.59 Å². The molecular formula is C82H141ClN10O15S2. The van der Waals surface area contributed by atoms with Gasteiger partial charge in [-0.15, -0.1) is 25.6 Å². The number of carbonyl (C=O) groups excluding carboxylic acids is 7. The Bertz CT molecular complexity index is 3520. The second-order valence-corrected chi connectivity index (χ2v) is 44.5. The summed E-state index contributed by atoms with van der Waals surface area (Å²) in [7, 11) is -7.20. The summed E-state index contributed by atoms with van der Waals surface area (Å²) in [6, 6.07) is -5.93. The SMILES string of the molecule is C=CCNC(=O)C(O)C(CC1CC1)NC(=O)[C@@H]1[C@@H]2[C@H](CN1C(=O)[C@@H](NC(=O)NC1(CS(=O)(=O)C(C)(C)C)[C@H](C)CCC[C@@H]1C)C1(C)CCCCC1)C2(C)C.C=CCNC(=O)C(O)C(N)CC1CC1.C[C@@H]1CCC[C@H](C)C1(CS(=O)(=O)C(C)(C)C)NC(=O)N[C@H](C(=O)N1C[C@H]2[C@@H]([C@H]1C(=O)O)C2(C)C)C1(C)CCCCC1.Cl. The first-order valence-electron chi connectivity index (χ1n) is 41.2. The molecule has 18 atom stereocenters. The number of halogens is 1. The predicted molar refractivity (Wildman–Crippen MR) is 431 cm³/mol. The molecule has 12 N–H and O–H groups in total. The Morgan fingerprint density at radius 2 is 0.864 bits per heavy atom. The maximum absolute atomic E-state index is 15.1. The van der Waals surface area contributed by atoms with Crippen LogP contribution in [0.25, 0.3) is 0 Å². The average molecular weight is 1610 g/mol. The molecule has 0 aromatic heterocycles. The Labute approximate surface area is 664 Å². The van der Waals surface area contributed by atoms with Crippen LogP contribution in [-0.4, -0.2) is 196 Å². The average Bonchev–Trinajstić information content (AvgIpc) is 1.53. The number of urea groups is 2. The molecule has 0 aromatic carbocycles. The van der Waals surface area contributed by atoms with Crippen molar-refractivity contribution in [3.05, 3.63) is 25.3 Å². The molecule has 6 unspecified atom stereocenters. The van der Waals surface area contributed by atoms with Crippen molar-refractivity contribution in [3.63, 3.8) is 0 Å². The summed E-state index contributed by atoms with van der Waals surface area (Å²) < 4.78 is 52.5. The van der Waals surface area contributed by atoms with Crippen LogP contribution in [0.1, 0.15) is 252 Å². The number of hydrogen-bond donors (Lipinski definition) is 11. The van der Waals surface area contributed by atoms with E-state index in [1.165, 1.54) is 23.8 Å². The summed E-state index contributed by atoms with van der Waals surface area (Å²) in [4.78, 5) is 112. The standard InChI is InChI=1S/C41H69N5O7S.C31H53N3O6S.C10H18N2O2.ClH/c1-10-21-42-35(49)32(47)29(22-27-17-18-27)43-34(48)31-30-28(39(30,7)8)23-46(31)36(50)33(40(9)19-12-11-13-20-40)44-37(51)45-41(24-54(52,53)38(4,5)6)25(2)15-14-16-26(41)3;1-19-13-12-14-20(2)31(19,18-41(39,40)28(3,4)5)33-27(38)32-24(30(8)15-10-9-11-16-30)25(35)34-17-21-22(29(21,6)7)23(34)26(36)37;1-2-5-12-10(14)9(13)8(11)6-7-3-4-7;/h10,25-33,47H,1,11-24H2,2-9H3,(H,42,49)(H,43,48)(H2,44,45,51);19-24H,9-18H2,1-8H3,(H,36,37)(H2,32,33,38);2,7-9,13H,1,3-6,11H2,(H,12,14);1H/t25-,26+,28-,29?,30-,31-,32?,33+,41?;19-,20+,21-,22-,23-,24+,31?;;/m00../s1. The predicted octanol–water partition coefficient (Wildman–Crippen LogP) is 9.26. The fourth-order valence-electron chi connectivity index (χ4n) is 19.8. The van der Waals surface area contributed by atoms with Gasteiger partial charge in [0.1, 0.15) is 30.3 Å². The number of rotatable bonds is 27. The van der Waals surface area contributed by atoms with Crippen LogP contribution in [-0.2, 0) is 48.4 Å². The molecule has 0 bridgehead atoms. The van der Waals surface area contributed by atoms with Crippen molar-refractivity contribution in [2.75, 3.05) is 37.7 Å². The van der Waals surface area contributed by atoms with Gasteiger partial charge in [-0.2, -0.15) is 0 Å². The molecule has 0 aromatic rings. The number of aliphatic hydroxyl groups is 2. The third-order valence-electron chi connectivity index (χ3n) is 28.5. The maximum atomic E-state index is 15.1. The van der Waals surface area contributed by atoms with E-state index in [0.29, 0.717) is 37.9 Å². The summed E-state index contributed by atoms with van der Waals surface area (Å²) in [5.74, 6) is -2.81. The zero-order valence-electron chi connectivity index (χ0n) is 69.2. The molecule has 8 aliphatic carbocycles. The number of sulfone groups is 2. The van der Waals surface area contributed by atoms with Crippen LogP contribution < -0.4 is 43.0 Å². The number of carbonyl (C=O) groups is 8. The van der Waals surface area contributed by atoms with Gasteiger partial charge in [0.25, 0.3) is 11.8 Å². The second kappa shape index (κ2) is 35.6. The van der Waals surface area contributed by atoms with Gasteiger partial charge < -0.3 is 68.1 Å². The lowest BCUT2D eigenvalue weighted by atomic mass is 9.68. The van der Waals surface area contributed by atoms with Crippen LogP contribution >= 0.6 is 12.4 Å². The van der Waals surface area contributed by atoms with Gasteiger partial charge in [0, 0.05) is 38.1 Å². The first kappa shape index (κ1) is 92.1. The molecular weight excluding hydrogens is 1460 g/mol. The third kappa shape index (κ3) is 20.4. The second-order valence-electron chi connectivity index (χ2n) is 39.0. The molecule has 10 aliphatic rings. The molecule has 9 amide bonds. The van der Waals surface area contributed by atoms with E-state index >= 15 is 4.79 Å². The van der Waals surface area contributed by atoms with Gasteiger partial charge in [-0.1, -0.05) is 158 Å². The van der Waals surface area contributed by atoms with E-state index in [1.807, 2.05) is 41.5 Å². The number of nitrogens with one attached hydrogen (secondary N) is 7. The van der Waals surface area contributed by atoms with Gasteiger partial charge in [-0.05, 0) is 181 Å². The molecule has 628 valence electrons. The number of aliphatic carboxylic acids is 1. The molecule has 2 saturated heterocycles. The van der Waals surface area contributed by atoms with E-state index in [1.54, 1.807) is 52.5 Å². The largest absolute Gasteiger partial charge is 0.480 e. The number of carboxylic acids is 1. The normalized spacial score (nSPS) is 31.3. The topological polar surface area (TPSA) is 382 Å². The van der Waals surface area contributed by atoms with Crippen molar-refractivity contribution in [1.29, 1.82) is 0 Å². The number of nitrogens with two attached hydrogens (primary N) is 1. The smallest absolute Gasteiger partial charge is 0.326 e. The van der Waals surface area contributed by atoms with Crippen LogP contribution in [0.3, 0.4) is 0 Å². The number of piperidine rings is 2. The van der Waals surface area contributed by atoms with Crippen molar-refractivity contribution in [3.8, 4) is 0 Å². The van der Waals surface area contributed by atoms with Gasteiger partial charge in [-0.25, -0.2) is 31.2 Å². The van der Waals surface area contributed by atoms with Gasteiger partial charge in [0.05, 0.1) is 38.1 Å². The fourth-order valence-corrected chi connectivity index (χ4v) is 23.2. The molecule has 8 saturated carbocycles. The van der Waals surface area contributed by atoms with Gasteiger partial charge in [0.15, 0.2) is 25.8 Å². The van der Waals surface area contributed by atoms with Crippen molar-refractivity contribution >= 4 is 79.6 Å². The number of fused-ring (bicyclic) bond motifs is 2. The van der Waals surface area contributed by atoms with Gasteiger partial charge >= 0.3 is 18.0 Å². The highest BCUT2D eigenvalue weighted by Gasteiger charge is 2.72. The van der Waals surface area contributed by atoms with Crippen LogP contribution in [0.5, 0.6) is 0 Å². The number of carboxylic acid groups (broad SMARTS) is 1. The lowest BCUT2D eigenvalue weighted by molar-refractivity contribution is -0.152. The lowest BCUT2D eigenvalue weighted by Crippen LogP contribution is -2.68. The summed E-state index contributed by atoms with van der Waals surface area (Å²) in [5, 5.41) is 51.4. The van der Waals surface area contributed by atoms with E-state index in [2.05, 4.69) is 78.1 Å². The Hall–Kier alpha value is -5.09. The van der Waals surface area contributed by atoms with Crippen molar-refractivity contribution in [2.24, 2.45) is 86.6 Å². The highest BCUT2D eigenvalue weighted by molar-refractivity contribution is 7.93. The highest BCUT2D eigenvalue weighted by Crippen LogP contribution is 2.66. The van der Waals surface area contributed by atoms with Gasteiger partial charge in [0.2, 0.25) is 17.7 Å². The Kier molecular flexibility index (Phi) is 29.8. The fraction of sp³-hybridized carbons (Fsp3) is 0.854. The third-order valence-corrected chi connectivity index (χ3v) is 33.9. The molecule has 25 nitrogen and oxygen atoms in total. The first-order chi connectivity index (χ1) is 50.5. The Balaban J connectivity index is 0.000000264. The summed E-state index contributed by atoms with van der Waals surface area (Å²) in [5.41, 5.74) is 2.29. The van der Waals surface area contributed by atoms with E-state index in [4.69, 9.17) is 5.73 Å². The molecule has 0 spiro atoms. The molecule has 10 rings (SSSR count). The van der Waals surface area contributed by atoms with Crippen LogP contribution in [0, 0.1) is 80.8 Å². The van der Waals surface area contributed by atoms with E-state index < -0.39 is 135 Å². The van der Waals surface area contributed by atoms with Crippen molar-refractivity contribution in [1.82, 2.24) is 47.0 Å². The number of hydrogen-bond acceptors (Lipinski definition) is 15. The van der Waals surface area contributed by atoms with Crippen molar-refractivity contribution in [2.45, 2.75) is 321 Å². The van der Waals surface area contributed by atoms with E-state index in [0.717, 1.165) is 122 Å². The molecule has 2 aliphatic heterocycles. The van der Waals surface area contributed by atoms with E-state index in [-0.39, 0.29) is 100 Å². The minimum atomic E-state index is -3.63. The minimum absolute atomic E-state index is 0. The number of nitrogens with zero attached hydrogens (tertiary/aromatic N) is 2. The lowest BCUT2D eigenvalue weighted by Gasteiger charge is -2.49. The maximum Gasteiger partial charge on any atom is 0.326 e. The summed E-state index contributed by atoms with van der Waals surface area (Å²) in [6.07, 6.45) is 19.8. The van der Waals surface area contributed by atoms with Gasteiger partial charge in [-0.3, -0.25) is 24.0 Å². The minimum Gasteiger partial charge on any atom is -0.480 e. The number of aliphatic hydroxyl groups excluding tert-OH is 2. The summed E-state index contributed by atoms with van der Waals surface area (Å²) >= 11 is 0. The van der Waals surface area contributed by atoms with E-state index in [9.17, 15) is 65.7 Å². The zero-order valence-corrected chi connectivity index (χ0v) is 71.6. The molecule has 0 radical (unpaired) electrons. The molecule has 10 fully saturated rings. The highest BCUT2D eigenvalue weighted by atomic mass is 35.5. The Morgan fingerprint density at radius 3 is 1.21 bits per heavy atom. The summed E-state index contributed by atoms with van der Waals surface area (Å²) in [6.45, 7) is 39.0. The zero-order chi connectivity index (χ0) is 81.3. The molecule has 110 heavy (non-hydrogen) atoms. The van der Waals surface area contributed by atoms with Crippen LogP contribution in [0.15, 0.2) is 25.3 Å². The quantitative estimate of drug-likeness (QED) is 0.0341. The number of likely N-dealkylation sites (tertiary alicyclic amines) is 2. The van der Waals surface area contributed by atoms with Crippen molar-refractivity contribution < 1.29 is 70.5 Å².